The van der Waals surface area contributed by atoms with Crippen LogP contribution < -0.4 is 34.3 Å². The summed E-state index contributed by atoms with van der Waals surface area (Å²) in [6.45, 7) is 1.26. The summed E-state index contributed by atoms with van der Waals surface area (Å²) in [5.41, 5.74) is 2.06. The van der Waals surface area contributed by atoms with Gasteiger partial charge in [0.05, 0.1) is 35.5 Å². The van der Waals surface area contributed by atoms with Gasteiger partial charge in [0, 0.05) is 25.7 Å². The Balaban J connectivity index is 1.95. The van der Waals surface area contributed by atoms with Crippen molar-refractivity contribution in [3.63, 3.8) is 0 Å². The molecule has 30 heavy (non-hydrogen) atoms. The molecule has 8 heteroatoms. The zero-order valence-corrected chi connectivity index (χ0v) is 18.5. The maximum atomic E-state index is 5.54. The fraction of sp³-hybridized carbons (Fsp3) is 0.409. The van der Waals surface area contributed by atoms with Gasteiger partial charge in [0.15, 0.2) is 29.0 Å². The smallest absolute Gasteiger partial charge is 0.203 e. The van der Waals surface area contributed by atoms with E-state index in [2.05, 4.69) is 15.6 Å². The van der Waals surface area contributed by atoms with Crippen LogP contribution in [0.5, 0.6) is 28.7 Å². The van der Waals surface area contributed by atoms with E-state index in [1.54, 1.807) is 42.6 Å². The highest BCUT2D eigenvalue weighted by molar-refractivity contribution is 5.79. The van der Waals surface area contributed by atoms with Gasteiger partial charge in [-0.05, 0) is 30.2 Å². The van der Waals surface area contributed by atoms with Crippen molar-refractivity contribution in [2.75, 3.05) is 49.1 Å². The van der Waals surface area contributed by atoms with E-state index in [-0.39, 0.29) is 0 Å². The third kappa shape index (κ3) is 5.62. The first-order valence-electron chi connectivity index (χ1n) is 9.55. The Morgan fingerprint density at radius 1 is 0.767 bits per heavy atom. The van der Waals surface area contributed by atoms with Crippen molar-refractivity contribution in [1.29, 1.82) is 0 Å². The highest BCUT2D eigenvalue weighted by Gasteiger charge is 2.15. The molecule has 0 aliphatic rings. The van der Waals surface area contributed by atoms with E-state index < -0.39 is 0 Å². The van der Waals surface area contributed by atoms with Crippen molar-refractivity contribution in [2.45, 2.75) is 13.0 Å². The molecule has 0 aliphatic carbocycles. The number of nitrogens with one attached hydrogen (secondary N) is 2. The van der Waals surface area contributed by atoms with Gasteiger partial charge in [0.1, 0.15) is 0 Å². The van der Waals surface area contributed by atoms with Crippen LogP contribution in [0.1, 0.15) is 11.1 Å². The molecule has 0 spiro atoms. The highest BCUT2D eigenvalue weighted by atomic mass is 16.5. The Hall–Kier alpha value is -3.29. The Bertz CT molecular complexity index is 855. The molecule has 0 radical (unpaired) electrons. The molecule has 0 amide bonds. The average molecular weight is 418 g/mol. The Morgan fingerprint density at radius 3 is 2.03 bits per heavy atom. The van der Waals surface area contributed by atoms with E-state index in [4.69, 9.17) is 23.7 Å². The molecule has 0 heterocycles. The fourth-order valence-corrected chi connectivity index (χ4v) is 3.07. The quantitative estimate of drug-likeness (QED) is 0.454. The highest BCUT2D eigenvalue weighted by Crippen LogP contribution is 2.39. The number of aliphatic imine (C=N–C) groups is 1. The first-order valence-corrected chi connectivity index (χ1v) is 9.55. The van der Waals surface area contributed by atoms with Gasteiger partial charge in [-0.1, -0.05) is 12.1 Å². The molecule has 8 nitrogen and oxygen atoms in total. The van der Waals surface area contributed by atoms with Crippen LogP contribution in [0.25, 0.3) is 0 Å². The second kappa shape index (κ2) is 11.6. The van der Waals surface area contributed by atoms with E-state index in [1.165, 1.54) is 0 Å². The van der Waals surface area contributed by atoms with Gasteiger partial charge in [-0.3, -0.25) is 4.99 Å². The molecular weight excluding hydrogens is 386 g/mol. The van der Waals surface area contributed by atoms with Crippen molar-refractivity contribution in [2.24, 2.45) is 4.99 Å². The topological polar surface area (TPSA) is 82.6 Å². The maximum Gasteiger partial charge on any atom is 0.203 e. The number of benzene rings is 2. The number of hydrogen-bond donors (Lipinski definition) is 2. The number of hydrogen-bond acceptors (Lipinski definition) is 6. The van der Waals surface area contributed by atoms with Gasteiger partial charge in [-0.15, -0.1) is 0 Å². The van der Waals surface area contributed by atoms with Crippen molar-refractivity contribution < 1.29 is 23.7 Å². The lowest BCUT2D eigenvalue weighted by Gasteiger charge is -2.17. The van der Waals surface area contributed by atoms with Crippen LogP contribution in [0.15, 0.2) is 35.3 Å². The SMILES string of the molecule is CN=C(NCCc1ccc(OC)c(OC)c1OC)NCc1ccc(OC)c(OC)c1. The van der Waals surface area contributed by atoms with Crippen LogP contribution in [-0.4, -0.2) is 55.1 Å². The molecular formula is C22H31N3O5. The Morgan fingerprint density at radius 2 is 1.43 bits per heavy atom. The van der Waals surface area contributed by atoms with Crippen LogP contribution in [0, 0.1) is 0 Å². The molecule has 2 aromatic carbocycles. The fourth-order valence-electron chi connectivity index (χ4n) is 3.07. The van der Waals surface area contributed by atoms with E-state index >= 15 is 0 Å². The monoisotopic (exact) mass is 417 g/mol. The molecule has 0 aromatic heterocycles. The van der Waals surface area contributed by atoms with Crippen LogP contribution in [-0.2, 0) is 13.0 Å². The molecule has 0 aliphatic heterocycles. The van der Waals surface area contributed by atoms with Crippen LogP contribution in [0.3, 0.4) is 0 Å². The molecule has 0 saturated heterocycles. The van der Waals surface area contributed by atoms with Crippen LogP contribution in [0.4, 0.5) is 0 Å². The van der Waals surface area contributed by atoms with Gasteiger partial charge < -0.3 is 34.3 Å². The molecule has 0 unspecified atom stereocenters. The third-order valence-electron chi connectivity index (χ3n) is 4.60. The zero-order chi connectivity index (χ0) is 21.9. The van der Waals surface area contributed by atoms with E-state index in [9.17, 15) is 0 Å². The summed E-state index contributed by atoms with van der Waals surface area (Å²) in [4.78, 5) is 4.28. The third-order valence-corrected chi connectivity index (χ3v) is 4.60. The Labute approximate surface area is 178 Å². The molecule has 2 rings (SSSR count). The lowest BCUT2D eigenvalue weighted by Crippen LogP contribution is -2.37. The predicted octanol–water partition coefficient (Wildman–Crippen LogP) is 2.64. The number of guanidine groups is 1. The summed E-state index contributed by atoms with van der Waals surface area (Å²) in [7, 11) is 9.81. The minimum Gasteiger partial charge on any atom is -0.493 e. The molecule has 0 saturated carbocycles. The predicted molar refractivity (Wildman–Crippen MR) is 118 cm³/mol. The van der Waals surface area contributed by atoms with Gasteiger partial charge in [-0.25, -0.2) is 0 Å². The van der Waals surface area contributed by atoms with E-state index in [1.807, 2.05) is 30.3 Å². The summed E-state index contributed by atoms with van der Waals surface area (Å²) in [6.07, 6.45) is 0.723. The van der Waals surface area contributed by atoms with Gasteiger partial charge >= 0.3 is 0 Å². The maximum absolute atomic E-state index is 5.54. The Kier molecular flexibility index (Phi) is 8.93. The van der Waals surface area contributed by atoms with Crippen molar-refractivity contribution in [3.05, 3.63) is 41.5 Å². The number of rotatable bonds is 10. The van der Waals surface area contributed by atoms with Gasteiger partial charge in [0.25, 0.3) is 0 Å². The van der Waals surface area contributed by atoms with E-state index in [0.717, 1.165) is 17.5 Å². The standard InChI is InChI=1S/C22H31N3O5/c1-23-22(25-14-15-7-9-17(26-2)19(13-15)28-4)24-12-11-16-8-10-18(27-3)21(30-6)20(16)29-5/h7-10,13H,11-12,14H2,1-6H3,(H2,23,24,25). The average Bonchev–Trinajstić information content (AvgIpc) is 2.80. The summed E-state index contributed by atoms with van der Waals surface area (Å²) < 4.78 is 26.9. The molecule has 2 N–H and O–H groups in total. The first-order chi connectivity index (χ1) is 14.6. The number of ether oxygens (including phenoxy) is 5. The normalized spacial score (nSPS) is 10.9. The molecule has 2 aromatic rings. The van der Waals surface area contributed by atoms with Crippen molar-refractivity contribution in [1.82, 2.24) is 10.6 Å². The summed E-state index contributed by atoms with van der Waals surface area (Å²) in [6, 6.07) is 9.65. The van der Waals surface area contributed by atoms with Gasteiger partial charge in [-0.2, -0.15) is 0 Å². The minimum absolute atomic E-state index is 0.591. The molecule has 0 fully saturated rings. The largest absolute Gasteiger partial charge is 0.493 e. The lowest BCUT2D eigenvalue weighted by atomic mass is 10.1. The van der Waals surface area contributed by atoms with Crippen LogP contribution in [0.2, 0.25) is 0 Å². The second-order valence-electron chi connectivity index (χ2n) is 6.29. The summed E-state index contributed by atoms with van der Waals surface area (Å²) >= 11 is 0. The number of nitrogens with zero attached hydrogens (tertiary/aromatic N) is 1. The molecule has 0 bridgehead atoms. The summed E-state index contributed by atoms with van der Waals surface area (Å²) in [5, 5.41) is 6.61. The number of methoxy groups -OCH3 is 5. The molecule has 164 valence electrons. The van der Waals surface area contributed by atoms with Crippen molar-refractivity contribution in [3.8, 4) is 28.7 Å². The summed E-state index contributed by atoms with van der Waals surface area (Å²) in [5.74, 6) is 4.00. The van der Waals surface area contributed by atoms with E-state index in [0.29, 0.717) is 47.8 Å². The minimum atomic E-state index is 0.591. The first kappa shape index (κ1) is 23.0. The molecule has 0 atom stereocenters. The zero-order valence-electron chi connectivity index (χ0n) is 18.5. The second-order valence-corrected chi connectivity index (χ2v) is 6.29. The lowest BCUT2D eigenvalue weighted by molar-refractivity contribution is 0.322. The van der Waals surface area contributed by atoms with Crippen molar-refractivity contribution >= 4 is 5.96 Å². The van der Waals surface area contributed by atoms with Gasteiger partial charge in [0.2, 0.25) is 5.75 Å². The van der Waals surface area contributed by atoms with Crippen LogP contribution >= 0.6 is 0 Å².